The normalized spacial score (nSPS) is 16.0. The lowest BCUT2D eigenvalue weighted by Gasteiger charge is -2.26. The highest BCUT2D eigenvalue weighted by atomic mass is 16.2. The van der Waals surface area contributed by atoms with Crippen molar-refractivity contribution in [1.29, 1.82) is 0 Å². The summed E-state index contributed by atoms with van der Waals surface area (Å²) in [5, 5.41) is 8.79. The summed E-state index contributed by atoms with van der Waals surface area (Å²) in [6.07, 6.45) is 6.72. The number of carbonyl (C=O) groups is 1. The van der Waals surface area contributed by atoms with Crippen LogP contribution in [0.4, 0.5) is 0 Å². The molecule has 1 aliphatic rings. The number of rotatable bonds is 3. The van der Waals surface area contributed by atoms with Gasteiger partial charge in [0.2, 0.25) is 0 Å². The Kier molecular flexibility index (Phi) is 3.73. The molecular weight excluding hydrogens is 254 g/mol. The predicted molar refractivity (Wildman–Crippen MR) is 74.7 cm³/mol. The van der Waals surface area contributed by atoms with Gasteiger partial charge >= 0.3 is 0 Å². The number of hydrogen-bond acceptors (Lipinski definition) is 4. The largest absolute Gasteiger partial charge is 0.285 e. The Morgan fingerprint density at radius 3 is 2.85 bits per heavy atom. The molecule has 0 bridgehead atoms. The van der Waals surface area contributed by atoms with Gasteiger partial charge in [-0.2, -0.15) is 5.10 Å². The van der Waals surface area contributed by atoms with Crippen LogP contribution in [-0.2, 0) is 0 Å². The molecule has 0 aromatic carbocycles. The van der Waals surface area contributed by atoms with Gasteiger partial charge in [-0.1, -0.05) is 12.5 Å². The average Bonchev–Trinajstić information content (AvgIpc) is 2.99. The minimum Gasteiger partial charge on any atom is -0.285 e. The van der Waals surface area contributed by atoms with Crippen molar-refractivity contribution in [2.45, 2.75) is 19.3 Å². The molecule has 2 N–H and O–H groups in total. The quantitative estimate of drug-likeness (QED) is 0.889. The number of piperidine rings is 1. The Bertz CT molecular complexity index is 574. The Hall–Kier alpha value is -2.21. The Morgan fingerprint density at radius 1 is 1.25 bits per heavy atom. The number of hydrogen-bond donors (Lipinski definition) is 2. The van der Waals surface area contributed by atoms with Crippen molar-refractivity contribution in [1.82, 2.24) is 25.6 Å². The smallest absolute Gasteiger partial charge is 0.269 e. The van der Waals surface area contributed by atoms with Gasteiger partial charge in [-0.3, -0.25) is 20.3 Å². The number of hydrazine groups is 1. The first-order valence-corrected chi connectivity index (χ1v) is 6.85. The SMILES string of the molecule is O=C(NN1CCCCC1)c1cn[nH]c1-c1ccccn1. The summed E-state index contributed by atoms with van der Waals surface area (Å²) in [6, 6.07) is 5.58. The minimum atomic E-state index is -0.138. The van der Waals surface area contributed by atoms with Gasteiger partial charge in [0.15, 0.2) is 0 Å². The molecule has 3 rings (SSSR count). The minimum absolute atomic E-state index is 0.138. The molecule has 1 amide bonds. The maximum atomic E-state index is 12.3. The van der Waals surface area contributed by atoms with Gasteiger partial charge in [-0.05, 0) is 25.0 Å². The topological polar surface area (TPSA) is 73.9 Å². The van der Waals surface area contributed by atoms with Crippen molar-refractivity contribution in [2.24, 2.45) is 0 Å². The maximum absolute atomic E-state index is 12.3. The summed E-state index contributed by atoms with van der Waals surface area (Å²) in [4.78, 5) is 16.6. The summed E-state index contributed by atoms with van der Waals surface area (Å²) in [7, 11) is 0. The van der Waals surface area contributed by atoms with Crippen LogP contribution in [0, 0.1) is 0 Å². The molecular formula is C14H17N5O. The number of pyridine rings is 1. The van der Waals surface area contributed by atoms with Crippen LogP contribution >= 0.6 is 0 Å². The van der Waals surface area contributed by atoms with Crippen LogP contribution in [0.15, 0.2) is 30.6 Å². The van der Waals surface area contributed by atoms with Crippen LogP contribution in [0.25, 0.3) is 11.4 Å². The van der Waals surface area contributed by atoms with E-state index in [1.165, 1.54) is 6.42 Å². The lowest BCUT2D eigenvalue weighted by atomic mass is 10.1. The number of H-pyrrole nitrogens is 1. The zero-order valence-electron chi connectivity index (χ0n) is 11.2. The lowest BCUT2D eigenvalue weighted by molar-refractivity contribution is 0.0751. The highest BCUT2D eigenvalue weighted by Crippen LogP contribution is 2.18. The van der Waals surface area contributed by atoms with Gasteiger partial charge in [0.25, 0.3) is 5.91 Å². The molecule has 104 valence electrons. The van der Waals surface area contributed by atoms with Gasteiger partial charge in [-0.25, -0.2) is 5.01 Å². The van der Waals surface area contributed by atoms with E-state index in [0.29, 0.717) is 17.0 Å². The molecule has 0 saturated carbocycles. The molecule has 2 aromatic rings. The van der Waals surface area contributed by atoms with Gasteiger partial charge in [0, 0.05) is 19.3 Å². The van der Waals surface area contributed by atoms with Crippen LogP contribution in [0.5, 0.6) is 0 Å². The van der Waals surface area contributed by atoms with Gasteiger partial charge in [0.1, 0.15) is 0 Å². The maximum Gasteiger partial charge on any atom is 0.269 e. The Morgan fingerprint density at radius 2 is 2.10 bits per heavy atom. The average molecular weight is 271 g/mol. The fourth-order valence-corrected chi connectivity index (χ4v) is 2.37. The molecule has 1 aliphatic heterocycles. The molecule has 2 aromatic heterocycles. The van der Waals surface area contributed by atoms with Crippen LogP contribution in [0.1, 0.15) is 29.6 Å². The molecule has 20 heavy (non-hydrogen) atoms. The highest BCUT2D eigenvalue weighted by Gasteiger charge is 2.19. The number of aromatic amines is 1. The molecule has 0 aliphatic carbocycles. The Balaban J connectivity index is 1.77. The second-order valence-electron chi connectivity index (χ2n) is 4.86. The van der Waals surface area contributed by atoms with Crippen molar-refractivity contribution >= 4 is 5.91 Å². The number of nitrogens with zero attached hydrogens (tertiary/aromatic N) is 3. The molecule has 0 atom stereocenters. The third-order valence-electron chi connectivity index (χ3n) is 3.42. The third-order valence-corrected chi connectivity index (χ3v) is 3.42. The first kappa shape index (κ1) is 12.8. The zero-order chi connectivity index (χ0) is 13.8. The lowest BCUT2D eigenvalue weighted by Crippen LogP contribution is -2.45. The van der Waals surface area contributed by atoms with Crippen LogP contribution in [0.3, 0.4) is 0 Å². The van der Waals surface area contributed by atoms with E-state index in [1.54, 1.807) is 12.4 Å². The van der Waals surface area contributed by atoms with Crippen molar-refractivity contribution in [2.75, 3.05) is 13.1 Å². The predicted octanol–water partition coefficient (Wildman–Crippen LogP) is 1.60. The number of amides is 1. The first-order valence-electron chi connectivity index (χ1n) is 6.85. The molecule has 6 heteroatoms. The summed E-state index contributed by atoms with van der Waals surface area (Å²) in [6.45, 7) is 1.81. The van der Waals surface area contributed by atoms with E-state index in [0.717, 1.165) is 25.9 Å². The second kappa shape index (κ2) is 5.83. The molecule has 0 unspecified atom stereocenters. The van der Waals surface area contributed by atoms with Crippen molar-refractivity contribution in [3.05, 3.63) is 36.2 Å². The fraction of sp³-hybridized carbons (Fsp3) is 0.357. The number of carbonyl (C=O) groups excluding carboxylic acids is 1. The fourth-order valence-electron chi connectivity index (χ4n) is 2.37. The summed E-state index contributed by atoms with van der Waals surface area (Å²) >= 11 is 0. The first-order chi connectivity index (χ1) is 9.84. The van der Waals surface area contributed by atoms with Crippen LogP contribution in [0.2, 0.25) is 0 Å². The summed E-state index contributed by atoms with van der Waals surface area (Å²) in [5.41, 5.74) is 4.83. The van der Waals surface area contributed by atoms with Crippen molar-refractivity contribution in [3.8, 4) is 11.4 Å². The van der Waals surface area contributed by atoms with E-state index in [4.69, 9.17) is 0 Å². The molecule has 1 saturated heterocycles. The number of aromatic nitrogens is 3. The monoisotopic (exact) mass is 271 g/mol. The van der Waals surface area contributed by atoms with E-state index in [-0.39, 0.29) is 5.91 Å². The van der Waals surface area contributed by atoms with Crippen molar-refractivity contribution in [3.63, 3.8) is 0 Å². The molecule has 1 fully saturated rings. The highest BCUT2D eigenvalue weighted by molar-refractivity contribution is 5.99. The second-order valence-corrected chi connectivity index (χ2v) is 4.86. The van der Waals surface area contributed by atoms with E-state index in [2.05, 4.69) is 20.6 Å². The van der Waals surface area contributed by atoms with Gasteiger partial charge < -0.3 is 0 Å². The van der Waals surface area contributed by atoms with Crippen LogP contribution < -0.4 is 5.43 Å². The van der Waals surface area contributed by atoms with Crippen molar-refractivity contribution < 1.29 is 4.79 Å². The summed E-state index contributed by atoms with van der Waals surface area (Å²) in [5.74, 6) is -0.138. The van der Waals surface area contributed by atoms with Gasteiger partial charge in [0.05, 0.1) is 23.1 Å². The third kappa shape index (κ3) is 2.70. The van der Waals surface area contributed by atoms with E-state index in [9.17, 15) is 4.79 Å². The summed E-state index contributed by atoms with van der Waals surface area (Å²) < 4.78 is 0. The zero-order valence-corrected chi connectivity index (χ0v) is 11.2. The molecule has 0 spiro atoms. The van der Waals surface area contributed by atoms with E-state index in [1.807, 2.05) is 23.2 Å². The molecule has 3 heterocycles. The van der Waals surface area contributed by atoms with Crippen LogP contribution in [-0.4, -0.2) is 39.2 Å². The Labute approximate surface area is 117 Å². The van der Waals surface area contributed by atoms with E-state index < -0.39 is 0 Å². The van der Waals surface area contributed by atoms with Gasteiger partial charge in [-0.15, -0.1) is 0 Å². The molecule has 6 nitrogen and oxygen atoms in total. The number of nitrogens with one attached hydrogen (secondary N) is 2. The standard InChI is InChI=1S/C14H17N5O/c20-14(18-19-8-4-1-5-9-19)11-10-16-17-13(11)12-6-2-3-7-15-12/h2-3,6-7,10H,1,4-5,8-9H2,(H,16,17)(H,18,20). The van der Waals surface area contributed by atoms with E-state index >= 15 is 0 Å². The molecule has 0 radical (unpaired) electrons.